The van der Waals surface area contributed by atoms with Crippen molar-refractivity contribution < 1.29 is 13.2 Å². The Bertz CT molecular complexity index is 618. The predicted molar refractivity (Wildman–Crippen MR) is 80.9 cm³/mol. The van der Waals surface area contributed by atoms with E-state index in [-0.39, 0.29) is 4.47 Å². The standard InChI is InChI=1S/C13H8BrCl2F3S/c1-6-4-10(20-12(6)16)11(15)7-2-3-9(14)8(5-7)13(17,18)19/h2-5,11H,1H3. The highest BCUT2D eigenvalue weighted by atomic mass is 79.9. The Labute approximate surface area is 136 Å². The summed E-state index contributed by atoms with van der Waals surface area (Å²) in [5, 5.41) is -0.652. The minimum Gasteiger partial charge on any atom is -0.166 e. The minimum atomic E-state index is -4.42. The van der Waals surface area contributed by atoms with Crippen molar-refractivity contribution in [3.63, 3.8) is 0 Å². The molecule has 1 atom stereocenters. The van der Waals surface area contributed by atoms with E-state index in [0.29, 0.717) is 9.90 Å². The zero-order valence-electron chi connectivity index (χ0n) is 10.1. The maximum atomic E-state index is 12.9. The summed E-state index contributed by atoms with van der Waals surface area (Å²) in [6, 6.07) is 5.78. The summed E-state index contributed by atoms with van der Waals surface area (Å²) in [6.45, 7) is 1.83. The summed E-state index contributed by atoms with van der Waals surface area (Å²) in [5.41, 5.74) is 0.519. The molecule has 0 aliphatic heterocycles. The number of halogens is 6. The van der Waals surface area contributed by atoms with Crippen LogP contribution in [0.3, 0.4) is 0 Å². The van der Waals surface area contributed by atoms with Gasteiger partial charge in [0, 0.05) is 9.35 Å². The van der Waals surface area contributed by atoms with Gasteiger partial charge in [0.1, 0.15) is 0 Å². The van der Waals surface area contributed by atoms with Gasteiger partial charge in [-0.3, -0.25) is 0 Å². The summed E-state index contributed by atoms with van der Waals surface area (Å²) in [4.78, 5) is 0.726. The first-order chi connectivity index (χ1) is 9.20. The molecule has 0 bridgehead atoms. The Morgan fingerprint density at radius 2 is 1.90 bits per heavy atom. The molecule has 1 heterocycles. The average molecular weight is 404 g/mol. The fourth-order valence-corrected chi connectivity index (χ4v) is 3.72. The smallest absolute Gasteiger partial charge is 0.166 e. The molecule has 0 aliphatic rings. The van der Waals surface area contributed by atoms with Crippen LogP contribution in [-0.2, 0) is 6.18 Å². The van der Waals surface area contributed by atoms with E-state index in [1.165, 1.54) is 17.4 Å². The first-order valence-electron chi connectivity index (χ1n) is 5.46. The van der Waals surface area contributed by atoms with Crippen LogP contribution in [-0.4, -0.2) is 0 Å². The highest BCUT2D eigenvalue weighted by Crippen LogP contribution is 2.41. The van der Waals surface area contributed by atoms with Crippen molar-refractivity contribution >= 4 is 50.5 Å². The Morgan fingerprint density at radius 3 is 2.40 bits per heavy atom. The van der Waals surface area contributed by atoms with E-state index in [1.54, 1.807) is 12.1 Å². The molecule has 0 N–H and O–H groups in total. The van der Waals surface area contributed by atoms with Gasteiger partial charge in [-0.25, -0.2) is 0 Å². The predicted octanol–water partition coefficient (Wildman–Crippen LogP) is 6.82. The van der Waals surface area contributed by atoms with Gasteiger partial charge in [-0.2, -0.15) is 13.2 Å². The maximum Gasteiger partial charge on any atom is 0.417 e. The Kier molecular flexibility index (Phi) is 4.74. The molecule has 0 aliphatic carbocycles. The Morgan fingerprint density at radius 1 is 1.25 bits per heavy atom. The summed E-state index contributed by atoms with van der Waals surface area (Å²) >= 11 is 16.4. The van der Waals surface area contributed by atoms with Crippen molar-refractivity contribution in [2.24, 2.45) is 0 Å². The third kappa shape index (κ3) is 3.32. The third-order valence-corrected chi connectivity index (χ3v) is 5.64. The molecule has 20 heavy (non-hydrogen) atoms. The molecular formula is C13H8BrCl2F3S. The van der Waals surface area contributed by atoms with Crippen LogP contribution in [0.1, 0.15) is 26.9 Å². The topological polar surface area (TPSA) is 0 Å². The quantitative estimate of drug-likeness (QED) is 0.482. The lowest BCUT2D eigenvalue weighted by Gasteiger charge is -2.13. The van der Waals surface area contributed by atoms with Crippen molar-refractivity contribution in [3.8, 4) is 0 Å². The summed E-state index contributed by atoms with van der Waals surface area (Å²) in [6.07, 6.45) is -4.42. The van der Waals surface area contributed by atoms with Crippen LogP contribution >= 0.6 is 50.5 Å². The molecule has 0 fully saturated rings. The van der Waals surface area contributed by atoms with E-state index < -0.39 is 17.1 Å². The molecule has 0 spiro atoms. The van der Waals surface area contributed by atoms with Crippen LogP contribution < -0.4 is 0 Å². The van der Waals surface area contributed by atoms with Crippen LogP contribution in [0.4, 0.5) is 13.2 Å². The molecule has 2 rings (SSSR count). The van der Waals surface area contributed by atoms with Crippen molar-refractivity contribution in [2.75, 3.05) is 0 Å². The molecule has 1 aromatic carbocycles. The molecule has 1 aromatic heterocycles. The molecule has 0 radical (unpaired) electrons. The van der Waals surface area contributed by atoms with Crippen molar-refractivity contribution in [2.45, 2.75) is 18.5 Å². The number of hydrogen-bond donors (Lipinski definition) is 0. The van der Waals surface area contributed by atoms with E-state index in [1.807, 2.05) is 6.92 Å². The van der Waals surface area contributed by atoms with Gasteiger partial charge in [0.05, 0.1) is 15.3 Å². The molecule has 0 nitrogen and oxygen atoms in total. The number of rotatable bonds is 2. The van der Waals surface area contributed by atoms with Gasteiger partial charge >= 0.3 is 6.18 Å². The number of thiophene rings is 1. The Hall–Kier alpha value is -0.230. The van der Waals surface area contributed by atoms with Gasteiger partial charge < -0.3 is 0 Å². The second-order valence-electron chi connectivity index (χ2n) is 4.21. The highest BCUT2D eigenvalue weighted by molar-refractivity contribution is 9.10. The maximum absolute atomic E-state index is 12.9. The fourth-order valence-electron chi connectivity index (χ4n) is 1.69. The van der Waals surface area contributed by atoms with Gasteiger partial charge in [-0.1, -0.05) is 33.6 Å². The average Bonchev–Trinajstić information content (AvgIpc) is 2.68. The largest absolute Gasteiger partial charge is 0.417 e. The fraction of sp³-hybridized carbons (Fsp3) is 0.231. The van der Waals surface area contributed by atoms with E-state index in [0.717, 1.165) is 16.5 Å². The second-order valence-corrected chi connectivity index (χ2v) is 7.18. The lowest BCUT2D eigenvalue weighted by atomic mass is 10.1. The SMILES string of the molecule is Cc1cc(C(Cl)c2ccc(Br)c(C(F)(F)F)c2)sc1Cl. The van der Waals surface area contributed by atoms with Gasteiger partial charge in [0.25, 0.3) is 0 Å². The summed E-state index contributed by atoms with van der Waals surface area (Å²) < 4.78 is 39.2. The summed E-state index contributed by atoms with van der Waals surface area (Å²) in [5.74, 6) is 0. The molecule has 0 amide bonds. The molecule has 108 valence electrons. The van der Waals surface area contributed by atoms with E-state index in [4.69, 9.17) is 23.2 Å². The van der Waals surface area contributed by atoms with Crippen LogP contribution in [0.15, 0.2) is 28.7 Å². The van der Waals surface area contributed by atoms with Crippen molar-refractivity contribution in [1.82, 2.24) is 0 Å². The molecule has 1 unspecified atom stereocenters. The highest BCUT2D eigenvalue weighted by Gasteiger charge is 2.33. The Balaban J connectivity index is 2.43. The van der Waals surface area contributed by atoms with Gasteiger partial charge in [-0.15, -0.1) is 22.9 Å². The van der Waals surface area contributed by atoms with Crippen molar-refractivity contribution in [1.29, 1.82) is 0 Å². The summed E-state index contributed by atoms with van der Waals surface area (Å²) in [7, 11) is 0. The molecule has 7 heteroatoms. The molecule has 0 saturated carbocycles. The van der Waals surface area contributed by atoms with Gasteiger partial charge in [0.2, 0.25) is 0 Å². The molecule has 0 saturated heterocycles. The lowest BCUT2D eigenvalue weighted by molar-refractivity contribution is -0.138. The van der Waals surface area contributed by atoms with Crippen LogP contribution in [0.5, 0.6) is 0 Å². The number of benzene rings is 1. The van der Waals surface area contributed by atoms with Crippen LogP contribution in [0.2, 0.25) is 4.34 Å². The monoisotopic (exact) mass is 402 g/mol. The van der Waals surface area contributed by atoms with Crippen LogP contribution in [0.25, 0.3) is 0 Å². The molecule has 2 aromatic rings. The number of aryl methyl sites for hydroxylation is 1. The first kappa shape index (κ1) is 16.1. The minimum absolute atomic E-state index is 0.00184. The van der Waals surface area contributed by atoms with E-state index >= 15 is 0 Å². The first-order valence-corrected chi connectivity index (χ1v) is 7.89. The van der Waals surface area contributed by atoms with E-state index in [9.17, 15) is 13.2 Å². The third-order valence-electron chi connectivity index (χ3n) is 2.71. The normalized spacial score (nSPS) is 13.6. The number of hydrogen-bond acceptors (Lipinski definition) is 1. The van der Waals surface area contributed by atoms with Crippen LogP contribution in [0, 0.1) is 6.92 Å². The molecular weight excluding hydrogens is 396 g/mol. The van der Waals surface area contributed by atoms with Crippen molar-refractivity contribution in [3.05, 3.63) is 54.6 Å². The van der Waals surface area contributed by atoms with Gasteiger partial charge in [-0.05, 0) is 36.2 Å². The second kappa shape index (κ2) is 5.87. The van der Waals surface area contributed by atoms with Gasteiger partial charge in [0.15, 0.2) is 0 Å². The zero-order valence-corrected chi connectivity index (χ0v) is 14.0. The zero-order chi connectivity index (χ0) is 15.1. The van der Waals surface area contributed by atoms with E-state index in [2.05, 4.69) is 15.9 Å². The lowest BCUT2D eigenvalue weighted by Crippen LogP contribution is -2.07. The number of alkyl halides is 4.